The van der Waals surface area contributed by atoms with Gasteiger partial charge in [-0.05, 0) is 40.8 Å². The van der Waals surface area contributed by atoms with E-state index in [-0.39, 0.29) is 0 Å². The molecule has 0 saturated heterocycles. The number of nitrogens with zero attached hydrogens (tertiary/aromatic N) is 4. The Kier molecular flexibility index (Phi) is 3.15. The minimum absolute atomic E-state index is 0.515. The van der Waals surface area contributed by atoms with E-state index >= 15 is 0 Å². The van der Waals surface area contributed by atoms with Gasteiger partial charge < -0.3 is 16.2 Å². The lowest BCUT2D eigenvalue weighted by Gasteiger charge is -2.10. The van der Waals surface area contributed by atoms with Crippen molar-refractivity contribution in [1.29, 1.82) is 0 Å². The maximum atomic E-state index is 6.01. The van der Waals surface area contributed by atoms with Crippen molar-refractivity contribution >= 4 is 11.4 Å². The summed E-state index contributed by atoms with van der Waals surface area (Å²) in [6, 6.07) is 12.7. The highest BCUT2D eigenvalue weighted by Gasteiger charge is 2.16. The summed E-state index contributed by atoms with van der Waals surface area (Å²) in [4.78, 5) is 0. The molecule has 0 spiro atoms. The smallest absolute Gasteiger partial charge is 0.189 e. The van der Waals surface area contributed by atoms with Crippen LogP contribution in [0.3, 0.4) is 0 Å². The molecule has 106 valence electrons. The maximum absolute atomic E-state index is 6.01. The van der Waals surface area contributed by atoms with Crippen LogP contribution in [-0.4, -0.2) is 27.3 Å². The molecule has 0 aliphatic rings. The first-order valence-electron chi connectivity index (χ1n) is 6.28. The van der Waals surface area contributed by atoms with Crippen molar-refractivity contribution in [2.24, 2.45) is 0 Å². The Morgan fingerprint density at radius 1 is 1.10 bits per heavy atom. The highest BCUT2D eigenvalue weighted by atomic mass is 16.5. The van der Waals surface area contributed by atoms with Crippen LogP contribution in [-0.2, 0) is 0 Å². The average molecular weight is 282 g/mol. The zero-order valence-electron chi connectivity index (χ0n) is 11.4. The molecule has 0 aliphatic heterocycles. The van der Waals surface area contributed by atoms with Gasteiger partial charge in [-0.15, -0.1) is 5.10 Å². The van der Waals surface area contributed by atoms with E-state index in [1.807, 2.05) is 24.3 Å². The third kappa shape index (κ3) is 2.25. The summed E-state index contributed by atoms with van der Waals surface area (Å²) in [5.41, 5.74) is 14.3. The van der Waals surface area contributed by atoms with Gasteiger partial charge in [0.2, 0.25) is 0 Å². The number of nitrogen functional groups attached to an aromatic ring is 2. The lowest BCUT2D eigenvalue weighted by atomic mass is 10.1. The fourth-order valence-electron chi connectivity index (χ4n) is 2.11. The van der Waals surface area contributed by atoms with Crippen LogP contribution in [0.15, 0.2) is 42.5 Å². The summed E-state index contributed by atoms with van der Waals surface area (Å²) in [5.74, 6) is 1.19. The molecule has 7 heteroatoms. The van der Waals surface area contributed by atoms with Crippen molar-refractivity contribution in [3.8, 4) is 22.8 Å². The normalized spacial score (nSPS) is 10.5. The Bertz CT molecular complexity index is 783. The van der Waals surface area contributed by atoms with Crippen molar-refractivity contribution < 1.29 is 4.74 Å². The van der Waals surface area contributed by atoms with E-state index in [4.69, 9.17) is 16.2 Å². The van der Waals surface area contributed by atoms with Crippen molar-refractivity contribution in [1.82, 2.24) is 20.2 Å². The SMILES string of the molecule is COc1ccccc1-n1nnnc1-c1ccc(N)cc1N. The van der Waals surface area contributed by atoms with Crippen LogP contribution in [0.1, 0.15) is 0 Å². The monoisotopic (exact) mass is 282 g/mol. The fourth-order valence-corrected chi connectivity index (χ4v) is 2.11. The summed E-state index contributed by atoms with van der Waals surface area (Å²) in [6.45, 7) is 0. The number of aromatic nitrogens is 4. The van der Waals surface area contributed by atoms with E-state index < -0.39 is 0 Å². The van der Waals surface area contributed by atoms with E-state index in [2.05, 4.69) is 15.5 Å². The number of methoxy groups -OCH3 is 1. The highest BCUT2D eigenvalue weighted by molar-refractivity contribution is 5.75. The summed E-state index contributed by atoms with van der Waals surface area (Å²) in [5, 5.41) is 11.8. The number of hydrogen-bond acceptors (Lipinski definition) is 6. The Balaban J connectivity index is 2.17. The molecule has 0 unspecified atom stereocenters. The quantitative estimate of drug-likeness (QED) is 0.705. The number of anilines is 2. The second-order valence-corrected chi connectivity index (χ2v) is 4.43. The first kappa shape index (κ1) is 12.9. The minimum Gasteiger partial charge on any atom is -0.494 e. The van der Waals surface area contributed by atoms with Gasteiger partial charge in [-0.3, -0.25) is 0 Å². The molecule has 2 aromatic carbocycles. The Morgan fingerprint density at radius 2 is 1.90 bits per heavy atom. The van der Waals surface area contributed by atoms with Crippen molar-refractivity contribution in [3.05, 3.63) is 42.5 Å². The molecule has 1 aromatic heterocycles. The van der Waals surface area contributed by atoms with Crippen LogP contribution in [0.25, 0.3) is 17.1 Å². The lowest BCUT2D eigenvalue weighted by molar-refractivity contribution is 0.411. The Hall–Kier alpha value is -3.09. The number of para-hydroxylation sites is 2. The summed E-state index contributed by atoms with van der Waals surface area (Å²) in [6.07, 6.45) is 0. The number of tetrazole rings is 1. The second-order valence-electron chi connectivity index (χ2n) is 4.43. The first-order valence-corrected chi connectivity index (χ1v) is 6.28. The minimum atomic E-state index is 0.515. The number of hydrogen-bond donors (Lipinski definition) is 2. The van der Waals surface area contributed by atoms with Gasteiger partial charge in [-0.25, -0.2) is 0 Å². The van der Waals surface area contributed by atoms with Gasteiger partial charge in [0.25, 0.3) is 0 Å². The maximum Gasteiger partial charge on any atom is 0.189 e. The molecule has 0 atom stereocenters. The molecule has 1 heterocycles. The zero-order valence-corrected chi connectivity index (χ0v) is 11.4. The van der Waals surface area contributed by atoms with E-state index in [1.165, 1.54) is 0 Å². The zero-order chi connectivity index (χ0) is 14.8. The standard InChI is InChI=1S/C14H14N6O/c1-21-13-5-3-2-4-12(13)20-14(17-18-19-20)10-7-6-9(15)8-11(10)16/h2-8H,15-16H2,1H3. The second kappa shape index (κ2) is 5.12. The molecule has 21 heavy (non-hydrogen) atoms. The molecule has 0 amide bonds. The molecule has 4 N–H and O–H groups in total. The Morgan fingerprint density at radius 3 is 2.67 bits per heavy atom. The van der Waals surface area contributed by atoms with Gasteiger partial charge in [-0.2, -0.15) is 4.68 Å². The Labute approximate surface area is 121 Å². The van der Waals surface area contributed by atoms with Crippen molar-refractivity contribution in [3.63, 3.8) is 0 Å². The first-order chi connectivity index (χ1) is 10.2. The predicted octanol–water partition coefficient (Wildman–Crippen LogP) is 1.50. The van der Waals surface area contributed by atoms with Crippen LogP contribution in [0, 0.1) is 0 Å². The van der Waals surface area contributed by atoms with Gasteiger partial charge in [0.1, 0.15) is 11.4 Å². The van der Waals surface area contributed by atoms with Crippen LogP contribution in [0.5, 0.6) is 5.75 Å². The fraction of sp³-hybridized carbons (Fsp3) is 0.0714. The average Bonchev–Trinajstić information content (AvgIpc) is 2.96. The number of ether oxygens (including phenoxy) is 1. The molecule has 0 bridgehead atoms. The highest BCUT2D eigenvalue weighted by Crippen LogP contribution is 2.29. The number of benzene rings is 2. The number of nitrogens with two attached hydrogens (primary N) is 2. The van der Waals surface area contributed by atoms with Gasteiger partial charge in [0.05, 0.1) is 7.11 Å². The van der Waals surface area contributed by atoms with Crippen LogP contribution < -0.4 is 16.2 Å². The van der Waals surface area contributed by atoms with Crippen molar-refractivity contribution in [2.75, 3.05) is 18.6 Å². The predicted molar refractivity (Wildman–Crippen MR) is 80.0 cm³/mol. The van der Waals surface area contributed by atoms with E-state index in [0.717, 1.165) is 5.69 Å². The summed E-state index contributed by atoms with van der Waals surface area (Å²) < 4.78 is 6.93. The molecular formula is C14H14N6O. The molecule has 3 aromatic rings. The van der Waals surface area contributed by atoms with Gasteiger partial charge >= 0.3 is 0 Å². The molecule has 0 aliphatic carbocycles. The van der Waals surface area contributed by atoms with Gasteiger partial charge in [0, 0.05) is 16.9 Å². The van der Waals surface area contributed by atoms with Crippen LogP contribution >= 0.6 is 0 Å². The third-order valence-electron chi connectivity index (χ3n) is 3.10. The van der Waals surface area contributed by atoms with Crippen LogP contribution in [0.4, 0.5) is 11.4 Å². The van der Waals surface area contributed by atoms with E-state index in [9.17, 15) is 0 Å². The molecule has 7 nitrogen and oxygen atoms in total. The van der Waals surface area contributed by atoms with E-state index in [1.54, 1.807) is 30.0 Å². The summed E-state index contributed by atoms with van der Waals surface area (Å²) in [7, 11) is 1.60. The largest absolute Gasteiger partial charge is 0.494 e. The van der Waals surface area contributed by atoms with Crippen LogP contribution in [0.2, 0.25) is 0 Å². The lowest BCUT2D eigenvalue weighted by Crippen LogP contribution is -2.04. The van der Waals surface area contributed by atoms with Gasteiger partial charge in [-0.1, -0.05) is 12.1 Å². The number of rotatable bonds is 3. The molecular weight excluding hydrogens is 268 g/mol. The van der Waals surface area contributed by atoms with E-state index in [0.29, 0.717) is 28.5 Å². The molecule has 3 rings (SSSR count). The molecule has 0 radical (unpaired) electrons. The molecule has 0 fully saturated rings. The topological polar surface area (TPSA) is 105 Å². The third-order valence-corrected chi connectivity index (χ3v) is 3.10. The van der Waals surface area contributed by atoms with Gasteiger partial charge in [0.15, 0.2) is 5.82 Å². The molecule has 0 saturated carbocycles. The van der Waals surface area contributed by atoms with Crippen molar-refractivity contribution in [2.45, 2.75) is 0 Å². The summed E-state index contributed by atoms with van der Waals surface area (Å²) >= 11 is 0.